The molecule has 3 saturated carbocycles. The number of ketones is 1. The first-order valence-electron chi connectivity index (χ1n) is 12.9. The van der Waals surface area contributed by atoms with E-state index in [4.69, 9.17) is 0 Å². The highest BCUT2D eigenvalue weighted by molar-refractivity contribution is 6.00. The van der Waals surface area contributed by atoms with Gasteiger partial charge in [0.1, 0.15) is 5.60 Å². The van der Waals surface area contributed by atoms with E-state index in [1.54, 1.807) is 20.8 Å². The van der Waals surface area contributed by atoms with Crippen LogP contribution in [0.15, 0.2) is 11.6 Å². The van der Waals surface area contributed by atoms with Gasteiger partial charge in [0.15, 0.2) is 5.78 Å². The van der Waals surface area contributed by atoms with Crippen LogP contribution >= 0.6 is 0 Å². The summed E-state index contributed by atoms with van der Waals surface area (Å²) in [5, 5.41) is 66.5. The van der Waals surface area contributed by atoms with Gasteiger partial charge in [-0.3, -0.25) is 4.79 Å². The molecule has 0 aromatic heterocycles. The summed E-state index contributed by atoms with van der Waals surface area (Å²) in [6, 6.07) is 0. The third-order valence-electron chi connectivity index (χ3n) is 10.7. The summed E-state index contributed by atoms with van der Waals surface area (Å²) in [6.07, 6.45) is 3.36. The van der Waals surface area contributed by atoms with Crippen molar-refractivity contribution in [2.75, 3.05) is 0 Å². The number of carbonyl (C=O) groups is 1. The predicted octanol–water partition coefficient (Wildman–Crippen LogP) is 2.00. The van der Waals surface area contributed by atoms with E-state index < -0.39 is 57.1 Å². The summed E-state index contributed by atoms with van der Waals surface area (Å²) in [5.74, 6) is -1.04. The van der Waals surface area contributed by atoms with Crippen molar-refractivity contribution < 1.29 is 35.4 Å². The van der Waals surface area contributed by atoms with E-state index in [-0.39, 0.29) is 18.8 Å². The lowest BCUT2D eigenvalue weighted by Crippen LogP contribution is -2.67. The Morgan fingerprint density at radius 2 is 1.62 bits per heavy atom. The van der Waals surface area contributed by atoms with Crippen molar-refractivity contribution >= 4 is 5.78 Å². The Labute approximate surface area is 202 Å². The number of hydrogen-bond donors (Lipinski definition) is 6. The molecular weight excluding hydrogens is 436 g/mol. The molecule has 0 radical (unpaired) electrons. The molecule has 6 N–H and O–H groups in total. The zero-order valence-electron chi connectivity index (χ0n) is 21.3. The Kier molecular flexibility index (Phi) is 6.04. The fraction of sp³-hybridized carbons (Fsp3) is 0.889. The molecule has 4 aliphatic carbocycles. The second-order valence-electron chi connectivity index (χ2n) is 13.2. The summed E-state index contributed by atoms with van der Waals surface area (Å²) < 4.78 is 0. The Morgan fingerprint density at radius 3 is 2.24 bits per heavy atom. The molecule has 0 unspecified atom stereocenters. The van der Waals surface area contributed by atoms with Crippen molar-refractivity contribution in [3.8, 4) is 0 Å². The zero-order valence-corrected chi connectivity index (χ0v) is 21.3. The summed E-state index contributed by atoms with van der Waals surface area (Å²) >= 11 is 0. The van der Waals surface area contributed by atoms with Crippen LogP contribution < -0.4 is 0 Å². The third-order valence-corrected chi connectivity index (χ3v) is 10.7. The third kappa shape index (κ3) is 3.49. The lowest BCUT2D eigenvalue weighted by molar-refractivity contribution is -0.197. The van der Waals surface area contributed by atoms with Gasteiger partial charge in [0, 0.05) is 17.3 Å². The smallest absolute Gasteiger partial charge is 0.187 e. The predicted molar refractivity (Wildman–Crippen MR) is 127 cm³/mol. The monoisotopic (exact) mass is 480 g/mol. The molecule has 0 spiro atoms. The maximum atomic E-state index is 13.3. The Bertz CT molecular complexity index is 875. The summed E-state index contributed by atoms with van der Waals surface area (Å²) in [4.78, 5) is 13.3. The van der Waals surface area contributed by atoms with Crippen LogP contribution in [0.25, 0.3) is 0 Å². The van der Waals surface area contributed by atoms with Crippen LogP contribution in [0.2, 0.25) is 0 Å². The van der Waals surface area contributed by atoms with Gasteiger partial charge in [-0.1, -0.05) is 13.8 Å². The van der Waals surface area contributed by atoms with Gasteiger partial charge in [-0.15, -0.1) is 0 Å². The highest BCUT2D eigenvalue weighted by atomic mass is 16.3. The van der Waals surface area contributed by atoms with Gasteiger partial charge < -0.3 is 30.6 Å². The SMILES string of the molecule is CC(C)(O)CC[C@@H](O)[C@](C)(O)[C@H]1CC[C@@]2(O)C3=CC(=O)[C@@]4(O)C[C@@H](O)CC[C@]4(C)[C@H]3CC[C@]12C. The lowest BCUT2D eigenvalue weighted by atomic mass is 9.44. The molecule has 194 valence electrons. The van der Waals surface area contributed by atoms with Gasteiger partial charge in [-0.25, -0.2) is 0 Å². The molecule has 0 amide bonds. The molecule has 34 heavy (non-hydrogen) atoms. The average Bonchev–Trinajstić information content (AvgIpc) is 3.00. The summed E-state index contributed by atoms with van der Waals surface area (Å²) in [5.41, 5.74) is -6.26. The van der Waals surface area contributed by atoms with Crippen LogP contribution in [-0.4, -0.2) is 71.0 Å². The summed E-state index contributed by atoms with van der Waals surface area (Å²) in [6.45, 7) is 8.84. The first-order chi connectivity index (χ1) is 15.4. The molecule has 9 atom stereocenters. The first kappa shape index (κ1) is 26.2. The van der Waals surface area contributed by atoms with Crippen molar-refractivity contribution in [2.45, 2.75) is 127 Å². The average molecular weight is 481 g/mol. The van der Waals surface area contributed by atoms with E-state index in [0.717, 1.165) is 0 Å². The number of carbonyl (C=O) groups excluding carboxylic acids is 1. The normalized spacial score (nSPS) is 47.2. The van der Waals surface area contributed by atoms with Crippen LogP contribution in [0.4, 0.5) is 0 Å². The Hall–Kier alpha value is -0.830. The van der Waals surface area contributed by atoms with Crippen molar-refractivity contribution in [3.63, 3.8) is 0 Å². The van der Waals surface area contributed by atoms with Crippen LogP contribution in [-0.2, 0) is 4.79 Å². The van der Waals surface area contributed by atoms with Crippen LogP contribution in [0.3, 0.4) is 0 Å². The van der Waals surface area contributed by atoms with Gasteiger partial charge in [-0.2, -0.15) is 0 Å². The second kappa shape index (κ2) is 7.83. The first-order valence-corrected chi connectivity index (χ1v) is 12.9. The van der Waals surface area contributed by atoms with Crippen molar-refractivity contribution in [1.82, 2.24) is 0 Å². The van der Waals surface area contributed by atoms with Gasteiger partial charge in [-0.05, 0) is 95.6 Å². The molecule has 0 heterocycles. The van der Waals surface area contributed by atoms with Gasteiger partial charge in [0.05, 0.1) is 29.0 Å². The van der Waals surface area contributed by atoms with Crippen LogP contribution in [0, 0.1) is 22.7 Å². The minimum Gasteiger partial charge on any atom is -0.393 e. The molecule has 4 rings (SSSR count). The highest BCUT2D eigenvalue weighted by Gasteiger charge is 2.71. The van der Waals surface area contributed by atoms with Crippen molar-refractivity contribution in [3.05, 3.63) is 11.6 Å². The van der Waals surface area contributed by atoms with Gasteiger partial charge >= 0.3 is 0 Å². The molecule has 7 heteroatoms. The fourth-order valence-corrected chi connectivity index (χ4v) is 8.28. The van der Waals surface area contributed by atoms with Crippen LogP contribution in [0.1, 0.15) is 92.4 Å². The van der Waals surface area contributed by atoms with Gasteiger partial charge in [0.2, 0.25) is 0 Å². The Balaban J connectivity index is 1.69. The number of rotatable bonds is 5. The van der Waals surface area contributed by atoms with Crippen molar-refractivity contribution in [2.24, 2.45) is 22.7 Å². The van der Waals surface area contributed by atoms with Crippen molar-refractivity contribution in [1.29, 1.82) is 0 Å². The lowest BCUT2D eigenvalue weighted by Gasteiger charge is -2.62. The minimum absolute atomic E-state index is 0.0169. The van der Waals surface area contributed by atoms with Crippen LogP contribution in [0.5, 0.6) is 0 Å². The second-order valence-corrected chi connectivity index (χ2v) is 13.2. The van der Waals surface area contributed by atoms with Gasteiger partial charge in [0.25, 0.3) is 0 Å². The van der Waals surface area contributed by atoms with E-state index in [1.165, 1.54) is 6.08 Å². The van der Waals surface area contributed by atoms with E-state index in [9.17, 15) is 35.4 Å². The molecule has 0 aromatic carbocycles. The largest absolute Gasteiger partial charge is 0.393 e. The number of hydrogen-bond acceptors (Lipinski definition) is 7. The highest BCUT2D eigenvalue weighted by Crippen LogP contribution is 2.69. The summed E-state index contributed by atoms with van der Waals surface area (Å²) in [7, 11) is 0. The number of fused-ring (bicyclic) bond motifs is 5. The topological polar surface area (TPSA) is 138 Å². The standard InChI is InChI=1S/C27H44O7/c1-22(2,31)10-9-20(29)25(5,32)19-8-13-26(33)18-14-21(30)27(34)15-16(28)6-11-23(27,3)17(18)7-12-24(19,26)4/h14,16-17,19-20,28-29,31-34H,6-13,15H2,1-5H3/t16-,17-,19-,20+,23+,24+,25+,26+,27-/m0/s1. The molecule has 3 fully saturated rings. The molecule has 0 bridgehead atoms. The van der Waals surface area contributed by atoms with E-state index in [2.05, 4.69) is 0 Å². The molecule has 7 nitrogen and oxygen atoms in total. The molecular formula is C27H44O7. The molecule has 0 aromatic rings. The quantitative estimate of drug-likeness (QED) is 0.354. The number of aliphatic hydroxyl groups excluding tert-OH is 2. The van der Waals surface area contributed by atoms with E-state index in [1.807, 2.05) is 13.8 Å². The zero-order chi connectivity index (χ0) is 25.5. The molecule has 0 saturated heterocycles. The van der Waals surface area contributed by atoms with E-state index in [0.29, 0.717) is 50.5 Å². The minimum atomic E-state index is -1.64. The molecule has 0 aliphatic heterocycles. The number of aliphatic hydroxyl groups is 6. The maximum Gasteiger partial charge on any atom is 0.187 e. The molecule has 4 aliphatic rings. The van der Waals surface area contributed by atoms with E-state index >= 15 is 0 Å². The fourth-order valence-electron chi connectivity index (χ4n) is 8.28. The maximum absolute atomic E-state index is 13.3. The Morgan fingerprint density at radius 1 is 1.00 bits per heavy atom.